The molecule has 0 aliphatic carbocycles. The van der Waals surface area contributed by atoms with E-state index in [1.165, 1.54) is 7.11 Å². The fraction of sp³-hybridized carbons (Fsp3) is 0.462. The van der Waals surface area contributed by atoms with Crippen LogP contribution in [0.2, 0.25) is 0 Å². The number of hydrogen-bond acceptors (Lipinski definition) is 4. The van der Waals surface area contributed by atoms with Crippen LogP contribution in [0.5, 0.6) is 0 Å². The molecule has 0 bridgehead atoms. The number of carbonyl (C=O) groups excluding carboxylic acids is 1. The Balaban J connectivity index is 2.89. The van der Waals surface area contributed by atoms with Crippen LogP contribution in [-0.2, 0) is 19.4 Å². The summed E-state index contributed by atoms with van der Waals surface area (Å²) in [5.74, 6) is -0.680. The van der Waals surface area contributed by atoms with E-state index in [2.05, 4.69) is 4.74 Å². The summed E-state index contributed by atoms with van der Waals surface area (Å²) in [5, 5.41) is -0.626. The first-order chi connectivity index (χ1) is 8.39. The van der Waals surface area contributed by atoms with Gasteiger partial charge in [-0.05, 0) is 25.0 Å². The molecule has 0 saturated carbocycles. The van der Waals surface area contributed by atoms with E-state index in [1.807, 2.05) is 0 Å². The molecule has 18 heavy (non-hydrogen) atoms. The lowest BCUT2D eigenvalue weighted by molar-refractivity contribution is -0.141. The van der Waals surface area contributed by atoms with Gasteiger partial charge in [-0.1, -0.05) is 25.1 Å². The van der Waals surface area contributed by atoms with Crippen LogP contribution in [-0.4, -0.2) is 26.7 Å². The van der Waals surface area contributed by atoms with E-state index >= 15 is 0 Å². The zero-order valence-corrected chi connectivity index (χ0v) is 11.6. The van der Waals surface area contributed by atoms with Gasteiger partial charge in [-0.3, -0.25) is 4.79 Å². The van der Waals surface area contributed by atoms with Crippen LogP contribution >= 0.6 is 0 Å². The maximum Gasteiger partial charge on any atom is 0.305 e. The molecular weight excluding hydrogens is 252 g/mol. The van der Waals surface area contributed by atoms with Gasteiger partial charge in [0.1, 0.15) is 0 Å². The first-order valence-corrected chi connectivity index (χ1v) is 7.30. The molecule has 0 fully saturated rings. The smallest absolute Gasteiger partial charge is 0.305 e. The van der Waals surface area contributed by atoms with Gasteiger partial charge in [-0.15, -0.1) is 0 Å². The highest BCUT2D eigenvalue weighted by Gasteiger charge is 2.29. The van der Waals surface area contributed by atoms with Gasteiger partial charge in [-0.2, -0.15) is 0 Å². The summed E-state index contributed by atoms with van der Waals surface area (Å²) in [5.41, 5.74) is 0. The van der Waals surface area contributed by atoms with Gasteiger partial charge in [0.25, 0.3) is 0 Å². The lowest BCUT2D eigenvalue weighted by atomic mass is 10.1. The van der Waals surface area contributed by atoms with Gasteiger partial charge in [0.2, 0.25) is 0 Å². The second-order valence-corrected chi connectivity index (χ2v) is 6.63. The molecule has 0 unspecified atom stereocenters. The second-order valence-electron chi connectivity index (χ2n) is 4.32. The lowest BCUT2D eigenvalue weighted by Crippen LogP contribution is -2.27. The third-order valence-electron chi connectivity index (χ3n) is 3.08. The summed E-state index contributed by atoms with van der Waals surface area (Å²) >= 11 is 0. The Morgan fingerprint density at radius 2 is 1.78 bits per heavy atom. The number of sulfone groups is 1. The van der Waals surface area contributed by atoms with E-state index in [4.69, 9.17) is 0 Å². The Morgan fingerprint density at radius 3 is 2.28 bits per heavy atom. The summed E-state index contributed by atoms with van der Waals surface area (Å²) in [4.78, 5) is 11.5. The molecule has 4 nitrogen and oxygen atoms in total. The average molecular weight is 270 g/mol. The Hall–Kier alpha value is -1.36. The quantitative estimate of drug-likeness (QED) is 0.768. The molecule has 0 aliphatic heterocycles. The number of carbonyl (C=O) groups is 1. The van der Waals surface area contributed by atoms with E-state index in [9.17, 15) is 13.2 Å². The van der Waals surface area contributed by atoms with Crippen molar-refractivity contribution in [2.45, 2.75) is 30.4 Å². The molecule has 1 rings (SSSR count). The molecule has 0 radical (unpaired) electrons. The van der Waals surface area contributed by atoms with Crippen molar-refractivity contribution in [2.24, 2.45) is 5.92 Å². The zero-order valence-electron chi connectivity index (χ0n) is 10.8. The predicted octanol–water partition coefficient (Wildman–Crippen LogP) is 2.05. The second kappa shape index (κ2) is 6.00. The number of rotatable bonds is 5. The van der Waals surface area contributed by atoms with Gasteiger partial charge < -0.3 is 4.74 Å². The van der Waals surface area contributed by atoms with Crippen molar-refractivity contribution < 1.29 is 17.9 Å². The minimum atomic E-state index is -3.40. The number of esters is 1. The van der Waals surface area contributed by atoms with Gasteiger partial charge in [0, 0.05) is 6.42 Å². The molecular formula is C13H18O4S. The highest BCUT2D eigenvalue weighted by atomic mass is 32.2. The molecule has 0 saturated heterocycles. The first kappa shape index (κ1) is 14.7. The van der Waals surface area contributed by atoms with Crippen molar-refractivity contribution in [1.29, 1.82) is 0 Å². The SMILES string of the molecule is COC(=O)C[C@@H](C)[C@@H](C)S(=O)(=O)c1ccccc1. The molecule has 0 aliphatic rings. The third-order valence-corrected chi connectivity index (χ3v) is 5.45. The monoisotopic (exact) mass is 270 g/mol. The molecule has 5 heteroatoms. The fourth-order valence-electron chi connectivity index (χ4n) is 1.64. The van der Waals surface area contributed by atoms with Crippen LogP contribution in [0.4, 0.5) is 0 Å². The van der Waals surface area contributed by atoms with Crippen LogP contribution in [0.1, 0.15) is 20.3 Å². The van der Waals surface area contributed by atoms with Gasteiger partial charge in [0.05, 0.1) is 17.3 Å². The van der Waals surface area contributed by atoms with Gasteiger partial charge in [-0.25, -0.2) is 8.42 Å². The van der Waals surface area contributed by atoms with Crippen LogP contribution in [0.3, 0.4) is 0 Å². The van der Waals surface area contributed by atoms with Crippen molar-refractivity contribution >= 4 is 15.8 Å². The van der Waals surface area contributed by atoms with Gasteiger partial charge in [0.15, 0.2) is 9.84 Å². The highest BCUT2D eigenvalue weighted by molar-refractivity contribution is 7.92. The number of ether oxygens (including phenoxy) is 1. The van der Waals surface area contributed by atoms with E-state index in [0.717, 1.165) is 0 Å². The van der Waals surface area contributed by atoms with Crippen molar-refractivity contribution in [1.82, 2.24) is 0 Å². The average Bonchev–Trinajstić information content (AvgIpc) is 2.38. The maximum absolute atomic E-state index is 12.3. The van der Waals surface area contributed by atoms with Crippen molar-refractivity contribution in [3.8, 4) is 0 Å². The van der Waals surface area contributed by atoms with E-state index in [-0.39, 0.29) is 17.2 Å². The van der Waals surface area contributed by atoms with Gasteiger partial charge >= 0.3 is 5.97 Å². The summed E-state index contributed by atoms with van der Waals surface area (Å²) in [6.45, 7) is 3.36. The standard InChI is InChI=1S/C13H18O4S/c1-10(9-13(14)17-3)11(2)18(15,16)12-7-5-4-6-8-12/h4-8,10-11H,9H2,1-3H3/t10-,11-/m1/s1. The van der Waals surface area contributed by atoms with Crippen LogP contribution in [0.15, 0.2) is 35.2 Å². The van der Waals surface area contributed by atoms with E-state index < -0.39 is 21.1 Å². The molecule has 100 valence electrons. The summed E-state index contributed by atoms with van der Waals surface area (Å²) in [6, 6.07) is 8.27. The molecule has 0 spiro atoms. The third kappa shape index (κ3) is 3.32. The van der Waals surface area contributed by atoms with Crippen molar-refractivity contribution in [3.05, 3.63) is 30.3 Å². The minimum absolute atomic E-state index is 0.101. The molecule has 1 aromatic carbocycles. The van der Waals surface area contributed by atoms with E-state index in [0.29, 0.717) is 0 Å². The Labute approximate surface area is 108 Å². The highest BCUT2D eigenvalue weighted by Crippen LogP contribution is 2.23. The maximum atomic E-state index is 12.3. The topological polar surface area (TPSA) is 60.4 Å². The summed E-state index contributed by atoms with van der Waals surface area (Å²) < 4.78 is 29.1. The predicted molar refractivity (Wildman–Crippen MR) is 68.9 cm³/mol. The molecule has 0 aromatic heterocycles. The van der Waals surface area contributed by atoms with Crippen LogP contribution < -0.4 is 0 Å². The first-order valence-electron chi connectivity index (χ1n) is 5.75. The lowest BCUT2D eigenvalue weighted by Gasteiger charge is -2.19. The molecule has 2 atom stereocenters. The van der Waals surface area contributed by atoms with Crippen LogP contribution in [0, 0.1) is 5.92 Å². The van der Waals surface area contributed by atoms with Crippen LogP contribution in [0.25, 0.3) is 0 Å². The fourth-order valence-corrected chi connectivity index (χ4v) is 3.32. The number of hydrogen-bond donors (Lipinski definition) is 0. The zero-order chi connectivity index (χ0) is 13.8. The normalized spacial score (nSPS) is 14.8. The number of methoxy groups -OCH3 is 1. The summed E-state index contributed by atoms with van der Waals surface area (Å²) in [7, 11) is -2.10. The molecule has 0 heterocycles. The molecule has 0 amide bonds. The Morgan fingerprint density at radius 1 is 1.22 bits per heavy atom. The Bertz CT molecular complexity index is 493. The molecule has 1 aromatic rings. The molecule has 0 N–H and O–H groups in total. The van der Waals surface area contributed by atoms with Crippen molar-refractivity contribution in [2.75, 3.05) is 7.11 Å². The minimum Gasteiger partial charge on any atom is -0.469 e. The Kier molecular flexibility index (Phi) is 4.90. The summed E-state index contributed by atoms with van der Waals surface area (Å²) in [6.07, 6.45) is 0.101. The van der Waals surface area contributed by atoms with Crippen molar-refractivity contribution in [3.63, 3.8) is 0 Å². The number of benzene rings is 1. The largest absolute Gasteiger partial charge is 0.469 e. The van der Waals surface area contributed by atoms with E-state index in [1.54, 1.807) is 44.2 Å².